The molecule has 188 valence electrons. The third-order valence-corrected chi connectivity index (χ3v) is 6.43. The van der Waals surface area contributed by atoms with Crippen LogP contribution in [-0.2, 0) is 6.54 Å². The van der Waals surface area contributed by atoms with E-state index in [2.05, 4.69) is 76.4 Å². The van der Waals surface area contributed by atoms with Crippen LogP contribution < -0.4 is 15.8 Å². The van der Waals surface area contributed by atoms with E-state index in [0.717, 1.165) is 72.2 Å². The van der Waals surface area contributed by atoms with E-state index in [1.54, 1.807) is 0 Å². The standard InChI is InChI=1S/C27H36N6.C2H6/c1-6-10-24(33-15-13-32(8-3)14-16-33)17-26-25(7-2)21(5)30-31-27(26)29-19-23-12-9-11-22(18-28)20(23)4;1-2/h7,9-12,17H,6,8,13-16,19H2,1-5H3,(H,29,31);1-2H3/b24-10-,25-7-,26-17+;. The van der Waals surface area contributed by atoms with E-state index in [1.807, 2.05) is 39.8 Å². The maximum Gasteiger partial charge on any atom is 0.156 e. The van der Waals surface area contributed by atoms with Crippen LogP contribution in [0.15, 0.2) is 30.0 Å². The summed E-state index contributed by atoms with van der Waals surface area (Å²) >= 11 is 0. The van der Waals surface area contributed by atoms with E-state index in [1.165, 1.54) is 5.70 Å². The average Bonchev–Trinajstić information content (AvgIpc) is 2.90. The van der Waals surface area contributed by atoms with Crippen LogP contribution in [0.4, 0.5) is 5.82 Å². The molecule has 0 bridgehead atoms. The predicted octanol–water partition coefficient (Wildman–Crippen LogP) is 4.12. The van der Waals surface area contributed by atoms with E-state index in [0.29, 0.717) is 12.1 Å². The summed E-state index contributed by atoms with van der Waals surface area (Å²) in [5.41, 5.74) is 4.96. The number of likely N-dealkylation sites (N-methyl/N-ethyl adjacent to an activating group) is 1. The molecule has 6 heteroatoms. The highest BCUT2D eigenvalue weighted by molar-refractivity contribution is 5.55. The number of benzene rings is 1. The van der Waals surface area contributed by atoms with Gasteiger partial charge in [-0.3, -0.25) is 0 Å². The second kappa shape index (κ2) is 14.3. The van der Waals surface area contributed by atoms with Crippen LogP contribution in [0.25, 0.3) is 12.2 Å². The summed E-state index contributed by atoms with van der Waals surface area (Å²) in [6.07, 6.45) is 7.66. The molecule has 0 saturated carbocycles. The minimum Gasteiger partial charge on any atom is -0.369 e. The summed E-state index contributed by atoms with van der Waals surface area (Å²) in [6, 6.07) is 8.11. The summed E-state index contributed by atoms with van der Waals surface area (Å²) in [6.45, 7) is 20.4. The molecule has 1 saturated heterocycles. The molecule has 0 unspecified atom stereocenters. The topological polar surface area (TPSA) is 68.1 Å². The number of hydrogen-bond donors (Lipinski definition) is 1. The normalized spacial score (nSPS) is 15.5. The lowest BCUT2D eigenvalue weighted by molar-refractivity contribution is 0.169. The Bertz CT molecular complexity index is 1150. The van der Waals surface area contributed by atoms with E-state index in [-0.39, 0.29) is 0 Å². The average molecular weight is 475 g/mol. The van der Waals surface area contributed by atoms with E-state index < -0.39 is 0 Å². The van der Waals surface area contributed by atoms with E-state index in [4.69, 9.17) is 0 Å². The van der Waals surface area contributed by atoms with Crippen molar-refractivity contribution in [2.24, 2.45) is 0 Å². The first-order valence-electron chi connectivity index (χ1n) is 12.9. The van der Waals surface area contributed by atoms with Crippen LogP contribution in [0.5, 0.6) is 0 Å². The third-order valence-electron chi connectivity index (χ3n) is 6.43. The van der Waals surface area contributed by atoms with Gasteiger partial charge in [-0.2, -0.15) is 10.4 Å². The highest BCUT2D eigenvalue weighted by Crippen LogP contribution is 2.15. The Morgan fingerprint density at radius 2 is 1.80 bits per heavy atom. The van der Waals surface area contributed by atoms with Gasteiger partial charge in [0.1, 0.15) is 0 Å². The second-order valence-corrected chi connectivity index (χ2v) is 8.41. The van der Waals surface area contributed by atoms with Crippen molar-refractivity contribution in [3.05, 3.63) is 62.8 Å². The van der Waals surface area contributed by atoms with Crippen molar-refractivity contribution in [1.29, 1.82) is 5.26 Å². The van der Waals surface area contributed by atoms with Crippen molar-refractivity contribution in [1.82, 2.24) is 20.0 Å². The Morgan fingerprint density at radius 1 is 1.09 bits per heavy atom. The van der Waals surface area contributed by atoms with Crippen molar-refractivity contribution in [2.45, 2.75) is 61.4 Å². The summed E-state index contributed by atoms with van der Waals surface area (Å²) < 4.78 is 0. The van der Waals surface area contributed by atoms with Crippen LogP contribution in [0.1, 0.15) is 63.4 Å². The van der Waals surface area contributed by atoms with Gasteiger partial charge in [-0.05, 0) is 57.0 Å². The molecule has 6 nitrogen and oxygen atoms in total. The number of nitrogens with zero attached hydrogens (tertiary/aromatic N) is 5. The lowest BCUT2D eigenvalue weighted by atomic mass is 10.0. The van der Waals surface area contributed by atoms with Crippen LogP contribution in [0.2, 0.25) is 0 Å². The molecule has 3 rings (SSSR count). The number of hydrogen-bond acceptors (Lipinski definition) is 6. The summed E-state index contributed by atoms with van der Waals surface area (Å²) in [5.74, 6) is 0.768. The Kier molecular flexibility index (Phi) is 11.5. The number of nitriles is 1. The Morgan fingerprint density at radius 3 is 2.40 bits per heavy atom. The van der Waals surface area contributed by atoms with Crippen molar-refractivity contribution in [3.8, 4) is 6.07 Å². The highest BCUT2D eigenvalue weighted by atomic mass is 15.3. The van der Waals surface area contributed by atoms with Gasteiger partial charge in [-0.1, -0.05) is 52.0 Å². The molecule has 1 fully saturated rings. The van der Waals surface area contributed by atoms with Crippen molar-refractivity contribution >= 4 is 18.0 Å². The summed E-state index contributed by atoms with van der Waals surface area (Å²) in [4.78, 5) is 4.98. The van der Waals surface area contributed by atoms with E-state index in [9.17, 15) is 5.26 Å². The number of rotatable bonds is 7. The molecule has 0 amide bonds. The fraction of sp³-hybridized carbons (Fsp3) is 0.483. The molecule has 0 spiro atoms. The fourth-order valence-electron chi connectivity index (χ4n) is 4.33. The number of anilines is 1. The number of piperazine rings is 1. The fourth-order valence-corrected chi connectivity index (χ4v) is 4.33. The number of allylic oxidation sites excluding steroid dienone is 2. The van der Waals surface area contributed by atoms with Gasteiger partial charge in [0.25, 0.3) is 0 Å². The smallest absolute Gasteiger partial charge is 0.156 e. The molecule has 1 N–H and O–H groups in total. The molecular weight excluding hydrogens is 432 g/mol. The summed E-state index contributed by atoms with van der Waals surface area (Å²) in [5, 5.41) is 24.0. The van der Waals surface area contributed by atoms with Crippen LogP contribution in [-0.4, -0.2) is 52.7 Å². The zero-order chi connectivity index (χ0) is 25.8. The summed E-state index contributed by atoms with van der Waals surface area (Å²) in [7, 11) is 0. The van der Waals surface area contributed by atoms with Crippen molar-refractivity contribution in [3.63, 3.8) is 0 Å². The van der Waals surface area contributed by atoms with Crippen molar-refractivity contribution < 1.29 is 0 Å². The predicted molar refractivity (Wildman–Crippen MR) is 147 cm³/mol. The molecule has 1 aromatic heterocycles. The molecule has 1 aliphatic heterocycles. The van der Waals surface area contributed by atoms with Gasteiger partial charge < -0.3 is 15.1 Å². The molecular formula is C29H42N6. The van der Waals surface area contributed by atoms with Gasteiger partial charge in [-0.15, -0.1) is 5.10 Å². The van der Waals surface area contributed by atoms with Crippen LogP contribution in [0, 0.1) is 25.2 Å². The van der Waals surface area contributed by atoms with Gasteiger partial charge in [-0.25, -0.2) is 0 Å². The Labute approximate surface area is 211 Å². The minimum absolute atomic E-state index is 0.588. The van der Waals surface area contributed by atoms with Crippen LogP contribution >= 0.6 is 0 Å². The molecule has 0 radical (unpaired) electrons. The van der Waals surface area contributed by atoms with Gasteiger partial charge >= 0.3 is 0 Å². The van der Waals surface area contributed by atoms with Gasteiger partial charge in [0.2, 0.25) is 0 Å². The second-order valence-electron chi connectivity index (χ2n) is 8.41. The van der Waals surface area contributed by atoms with Crippen LogP contribution in [0.3, 0.4) is 0 Å². The molecule has 0 aliphatic carbocycles. The van der Waals surface area contributed by atoms with Gasteiger partial charge in [0, 0.05) is 48.9 Å². The number of aryl methyl sites for hydroxylation is 1. The number of nitrogens with one attached hydrogen (secondary N) is 1. The molecule has 2 aromatic rings. The monoisotopic (exact) mass is 474 g/mol. The minimum atomic E-state index is 0.588. The highest BCUT2D eigenvalue weighted by Gasteiger charge is 2.17. The molecule has 35 heavy (non-hydrogen) atoms. The molecule has 2 heterocycles. The third kappa shape index (κ3) is 7.16. The maximum absolute atomic E-state index is 9.36. The first-order chi connectivity index (χ1) is 17.0. The maximum atomic E-state index is 9.36. The van der Waals surface area contributed by atoms with E-state index >= 15 is 0 Å². The molecule has 1 aromatic carbocycles. The SMILES string of the molecule is C/C=c1/c(C)nnc(NCc2cccc(C#N)c2C)/c1=C/C(=C/CC)N1CCN(CC)CC1.CC. The quantitative estimate of drug-likeness (QED) is 0.651. The Hall–Kier alpha value is -3.17. The zero-order valence-electron chi connectivity index (χ0n) is 22.6. The molecule has 0 atom stereocenters. The first kappa shape index (κ1) is 28.1. The molecule has 1 aliphatic rings. The van der Waals surface area contributed by atoms with Gasteiger partial charge in [0.15, 0.2) is 5.82 Å². The van der Waals surface area contributed by atoms with Crippen molar-refractivity contribution in [2.75, 3.05) is 38.0 Å². The Balaban J connectivity index is 0.00000210. The largest absolute Gasteiger partial charge is 0.369 e. The zero-order valence-corrected chi connectivity index (χ0v) is 22.6. The first-order valence-corrected chi connectivity index (χ1v) is 12.9. The lowest BCUT2D eigenvalue weighted by Crippen LogP contribution is -2.45. The van der Waals surface area contributed by atoms with Gasteiger partial charge in [0.05, 0.1) is 17.3 Å². The lowest BCUT2D eigenvalue weighted by Gasteiger charge is -2.36. The number of aromatic nitrogens is 2.